The van der Waals surface area contributed by atoms with Crippen molar-refractivity contribution in [2.24, 2.45) is 0 Å². The van der Waals surface area contributed by atoms with Crippen LogP contribution in [0.4, 0.5) is 0 Å². The Kier molecular flexibility index (Phi) is 1.44. The molecule has 1 nitrogen and oxygen atoms in total. The first kappa shape index (κ1) is 7.45. The summed E-state index contributed by atoms with van der Waals surface area (Å²) in [6.45, 7) is 1.10. The number of nitrogens with zero attached hydrogens (tertiary/aromatic N) is 1. The number of aryl methyl sites for hydroxylation is 2. The van der Waals surface area contributed by atoms with E-state index in [1.54, 1.807) is 0 Å². The summed E-state index contributed by atoms with van der Waals surface area (Å²) in [4.78, 5) is 0. The predicted octanol–water partition coefficient (Wildman–Crippen LogP) is 3.04. The molecule has 3 rings (SSSR count). The van der Waals surface area contributed by atoms with Crippen LogP contribution >= 0.6 is 11.6 Å². The molecule has 0 saturated heterocycles. The molecule has 1 aromatic heterocycles. The number of aromatic nitrogens is 1. The molecule has 0 amide bonds. The third kappa shape index (κ3) is 0.939. The fourth-order valence-electron chi connectivity index (χ4n) is 2.10. The third-order valence-electron chi connectivity index (χ3n) is 2.71. The summed E-state index contributed by atoms with van der Waals surface area (Å²) >= 11 is 6.08. The van der Waals surface area contributed by atoms with E-state index in [0.29, 0.717) is 0 Å². The van der Waals surface area contributed by atoms with Crippen LogP contribution in [-0.4, -0.2) is 4.57 Å². The largest absolute Gasteiger partial charge is 0.347 e. The van der Waals surface area contributed by atoms with E-state index in [-0.39, 0.29) is 0 Å². The van der Waals surface area contributed by atoms with Gasteiger partial charge >= 0.3 is 0 Å². The second-order valence-electron chi connectivity index (χ2n) is 3.50. The highest BCUT2D eigenvalue weighted by Crippen LogP contribution is 2.30. The highest BCUT2D eigenvalue weighted by Gasteiger charge is 2.13. The molecular weight excluding hydrogens is 182 g/mol. The minimum Gasteiger partial charge on any atom is -0.347 e. The number of rotatable bonds is 0. The van der Waals surface area contributed by atoms with Crippen LogP contribution in [0.5, 0.6) is 0 Å². The Balaban J connectivity index is 2.50. The highest BCUT2D eigenvalue weighted by molar-refractivity contribution is 6.35. The normalized spacial score (nSPS) is 15.2. The fraction of sp³-hybridized carbons (Fsp3) is 0.273. The third-order valence-corrected chi connectivity index (χ3v) is 3.02. The lowest BCUT2D eigenvalue weighted by molar-refractivity contribution is 0.636. The molecule has 0 unspecified atom stereocenters. The van der Waals surface area contributed by atoms with Crippen LogP contribution in [0.1, 0.15) is 12.0 Å². The minimum atomic E-state index is 0.819. The van der Waals surface area contributed by atoms with Crippen LogP contribution in [0, 0.1) is 6.07 Å². The lowest BCUT2D eigenvalue weighted by atomic mass is 10.0. The van der Waals surface area contributed by atoms with Gasteiger partial charge < -0.3 is 4.57 Å². The minimum absolute atomic E-state index is 0.819. The molecule has 2 aromatic rings. The van der Waals surface area contributed by atoms with Crippen LogP contribution in [0.3, 0.4) is 0 Å². The average molecular weight is 191 g/mol. The van der Waals surface area contributed by atoms with E-state index in [1.165, 1.54) is 23.9 Å². The SMILES string of the molecule is Clc1ccc2c3c1[c]cn3CCC2. The molecule has 0 spiro atoms. The second kappa shape index (κ2) is 2.52. The molecule has 2 heterocycles. The van der Waals surface area contributed by atoms with E-state index in [1.807, 2.05) is 12.3 Å². The van der Waals surface area contributed by atoms with Crippen LogP contribution in [0.15, 0.2) is 18.3 Å². The molecule has 1 radical (unpaired) electrons. The zero-order valence-corrected chi connectivity index (χ0v) is 7.93. The molecule has 0 bridgehead atoms. The van der Waals surface area contributed by atoms with Gasteiger partial charge in [-0.3, -0.25) is 0 Å². The Hall–Kier alpha value is -0.950. The van der Waals surface area contributed by atoms with Gasteiger partial charge in [-0.25, -0.2) is 0 Å². The molecule has 2 heteroatoms. The summed E-state index contributed by atoms with van der Waals surface area (Å²) < 4.78 is 2.25. The molecule has 0 saturated carbocycles. The van der Waals surface area contributed by atoms with Crippen molar-refractivity contribution in [3.8, 4) is 0 Å². The van der Waals surface area contributed by atoms with E-state index in [9.17, 15) is 0 Å². The molecule has 0 fully saturated rings. The molecule has 0 aliphatic carbocycles. The van der Waals surface area contributed by atoms with Crippen LogP contribution in [0.2, 0.25) is 5.02 Å². The molecule has 0 N–H and O–H groups in total. The van der Waals surface area contributed by atoms with Gasteiger partial charge in [-0.1, -0.05) is 17.7 Å². The van der Waals surface area contributed by atoms with Crippen molar-refractivity contribution in [1.29, 1.82) is 0 Å². The average Bonchev–Trinajstić information content (AvgIpc) is 2.57. The zero-order chi connectivity index (χ0) is 8.84. The first-order valence-electron chi connectivity index (χ1n) is 4.54. The van der Waals surface area contributed by atoms with Gasteiger partial charge in [0.2, 0.25) is 0 Å². The van der Waals surface area contributed by atoms with E-state index >= 15 is 0 Å². The quantitative estimate of drug-likeness (QED) is 0.602. The molecular formula is C11H9ClN. The van der Waals surface area contributed by atoms with Gasteiger partial charge in [-0.2, -0.15) is 0 Å². The molecule has 13 heavy (non-hydrogen) atoms. The van der Waals surface area contributed by atoms with Gasteiger partial charge in [0.1, 0.15) is 0 Å². The van der Waals surface area contributed by atoms with Crippen molar-refractivity contribution in [1.82, 2.24) is 4.57 Å². The molecule has 65 valence electrons. The summed E-state index contributed by atoms with van der Waals surface area (Å²) in [6.07, 6.45) is 4.41. The number of hydrogen-bond acceptors (Lipinski definition) is 0. The zero-order valence-electron chi connectivity index (χ0n) is 7.18. The van der Waals surface area contributed by atoms with Gasteiger partial charge in [0, 0.05) is 24.2 Å². The highest BCUT2D eigenvalue weighted by atomic mass is 35.5. The van der Waals surface area contributed by atoms with E-state index in [0.717, 1.165) is 17.0 Å². The Morgan fingerprint density at radius 2 is 2.31 bits per heavy atom. The van der Waals surface area contributed by atoms with Gasteiger partial charge in [0.15, 0.2) is 0 Å². The Labute approximate surface area is 81.9 Å². The van der Waals surface area contributed by atoms with Crippen LogP contribution < -0.4 is 0 Å². The maximum Gasteiger partial charge on any atom is 0.0534 e. The maximum absolute atomic E-state index is 6.08. The number of benzene rings is 1. The van der Waals surface area contributed by atoms with Crippen molar-refractivity contribution in [3.63, 3.8) is 0 Å². The summed E-state index contributed by atoms with van der Waals surface area (Å²) in [5.41, 5.74) is 2.70. The van der Waals surface area contributed by atoms with Crippen LogP contribution in [-0.2, 0) is 13.0 Å². The lowest BCUT2D eigenvalue weighted by Crippen LogP contribution is -2.06. The summed E-state index contributed by atoms with van der Waals surface area (Å²) in [5, 5.41) is 1.90. The predicted molar refractivity (Wildman–Crippen MR) is 54.1 cm³/mol. The smallest absolute Gasteiger partial charge is 0.0534 e. The second-order valence-corrected chi connectivity index (χ2v) is 3.91. The van der Waals surface area contributed by atoms with Gasteiger partial charge in [-0.15, -0.1) is 0 Å². The first-order chi connectivity index (χ1) is 6.36. The first-order valence-corrected chi connectivity index (χ1v) is 4.92. The van der Waals surface area contributed by atoms with Gasteiger partial charge in [0.05, 0.1) is 10.5 Å². The summed E-state index contributed by atoms with van der Waals surface area (Å²) in [5.74, 6) is 0. The summed E-state index contributed by atoms with van der Waals surface area (Å²) in [6, 6.07) is 7.33. The van der Waals surface area contributed by atoms with Crippen LogP contribution in [0.25, 0.3) is 10.9 Å². The molecule has 0 atom stereocenters. The van der Waals surface area contributed by atoms with E-state index in [4.69, 9.17) is 11.6 Å². The van der Waals surface area contributed by atoms with Crippen molar-refractivity contribution < 1.29 is 0 Å². The lowest BCUT2D eigenvalue weighted by Gasteiger charge is -2.15. The molecule has 1 aliphatic rings. The maximum atomic E-state index is 6.08. The topological polar surface area (TPSA) is 4.93 Å². The van der Waals surface area contributed by atoms with Crippen molar-refractivity contribution >= 4 is 22.5 Å². The van der Waals surface area contributed by atoms with Gasteiger partial charge in [-0.05, 0) is 24.5 Å². The van der Waals surface area contributed by atoms with Gasteiger partial charge in [0.25, 0.3) is 0 Å². The van der Waals surface area contributed by atoms with Crippen molar-refractivity contribution in [3.05, 3.63) is 35.0 Å². The fourth-order valence-corrected chi connectivity index (χ4v) is 2.31. The number of halogens is 1. The number of hydrogen-bond donors (Lipinski definition) is 0. The monoisotopic (exact) mass is 190 g/mol. The Morgan fingerprint density at radius 1 is 1.38 bits per heavy atom. The molecule has 1 aliphatic heterocycles. The standard InChI is InChI=1S/C11H9ClN/c12-10-4-3-8-2-1-6-13-7-5-9(10)11(8)13/h3-4,7H,1-2,6H2. The van der Waals surface area contributed by atoms with E-state index in [2.05, 4.69) is 16.7 Å². The van der Waals surface area contributed by atoms with E-state index < -0.39 is 0 Å². The summed E-state index contributed by atoms with van der Waals surface area (Å²) in [7, 11) is 0. The Morgan fingerprint density at radius 3 is 3.23 bits per heavy atom. The molecule has 1 aromatic carbocycles. The van der Waals surface area contributed by atoms with Crippen molar-refractivity contribution in [2.75, 3.05) is 0 Å². The van der Waals surface area contributed by atoms with Crippen molar-refractivity contribution in [2.45, 2.75) is 19.4 Å². The Bertz CT molecular complexity index is 470.